The van der Waals surface area contributed by atoms with Gasteiger partial charge >= 0.3 is 0 Å². The summed E-state index contributed by atoms with van der Waals surface area (Å²) in [4.78, 5) is 11.9. The molecule has 1 unspecified atom stereocenters. The number of carbonyl (C=O) groups excluding carboxylic acids is 1. The van der Waals surface area contributed by atoms with Crippen molar-refractivity contribution in [2.75, 3.05) is 26.2 Å². The zero-order valence-electron chi connectivity index (χ0n) is 11.9. The Morgan fingerprint density at radius 2 is 2.11 bits per heavy atom. The van der Waals surface area contributed by atoms with Crippen molar-refractivity contribution in [3.05, 3.63) is 0 Å². The fourth-order valence-corrected chi connectivity index (χ4v) is 2.77. The molecule has 0 aromatic heterocycles. The molecule has 0 bridgehead atoms. The quantitative estimate of drug-likeness (QED) is 0.831. The van der Waals surface area contributed by atoms with Gasteiger partial charge in [-0.25, -0.2) is 0 Å². The minimum absolute atomic E-state index is 0. The third kappa shape index (κ3) is 5.67. The monoisotopic (exact) mass is 290 g/mol. The number of carbonyl (C=O) groups is 1. The molecule has 1 atom stereocenters. The predicted octanol–water partition coefficient (Wildman–Crippen LogP) is 1.87. The van der Waals surface area contributed by atoms with Crippen LogP contribution in [0.25, 0.3) is 0 Å². The summed E-state index contributed by atoms with van der Waals surface area (Å²) in [5.74, 6) is 0.154. The first-order chi connectivity index (χ1) is 8.68. The van der Waals surface area contributed by atoms with E-state index in [-0.39, 0.29) is 29.8 Å². The van der Waals surface area contributed by atoms with Crippen LogP contribution < -0.4 is 10.6 Å². The summed E-state index contributed by atoms with van der Waals surface area (Å²) >= 11 is 0. The molecule has 0 spiro atoms. The Bertz CT molecular complexity index is 275. The van der Waals surface area contributed by atoms with Crippen LogP contribution in [0.3, 0.4) is 0 Å². The molecule has 19 heavy (non-hydrogen) atoms. The summed E-state index contributed by atoms with van der Waals surface area (Å²) < 4.78 is 5.59. The lowest BCUT2D eigenvalue weighted by molar-refractivity contribution is -0.125. The van der Waals surface area contributed by atoms with E-state index in [0.717, 1.165) is 51.9 Å². The van der Waals surface area contributed by atoms with Crippen molar-refractivity contribution in [2.45, 2.75) is 51.6 Å². The molecule has 0 radical (unpaired) electrons. The molecule has 2 aliphatic heterocycles. The van der Waals surface area contributed by atoms with Crippen molar-refractivity contribution in [1.82, 2.24) is 10.6 Å². The Morgan fingerprint density at radius 1 is 1.37 bits per heavy atom. The van der Waals surface area contributed by atoms with Crippen molar-refractivity contribution >= 4 is 18.3 Å². The van der Waals surface area contributed by atoms with Crippen LogP contribution in [0.4, 0.5) is 0 Å². The highest BCUT2D eigenvalue weighted by molar-refractivity contribution is 5.85. The Labute approximate surface area is 122 Å². The van der Waals surface area contributed by atoms with Crippen molar-refractivity contribution in [3.8, 4) is 0 Å². The molecule has 2 rings (SSSR count). The van der Waals surface area contributed by atoms with Gasteiger partial charge in [-0.05, 0) is 50.6 Å². The summed E-state index contributed by atoms with van der Waals surface area (Å²) in [6, 6.07) is 0. The summed E-state index contributed by atoms with van der Waals surface area (Å²) in [7, 11) is 0. The van der Waals surface area contributed by atoms with Gasteiger partial charge in [-0.3, -0.25) is 4.79 Å². The van der Waals surface area contributed by atoms with E-state index in [1.807, 2.05) is 0 Å². The number of nitrogens with one attached hydrogen (secondary N) is 2. The minimum atomic E-state index is 0. The molecule has 5 heteroatoms. The van der Waals surface area contributed by atoms with Crippen molar-refractivity contribution < 1.29 is 9.53 Å². The highest BCUT2D eigenvalue weighted by Crippen LogP contribution is 2.26. The third-order valence-corrected chi connectivity index (χ3v) is 4.21. The largest absolute Gasteiger partial charge is 0.378 e. The van der Waals surface area contributed by atoms with E-state index >= 15 is 0 Å². The number of piperidine rings is 1. The van der Waals surface area contributed by atoms with Crippen LogP contribution in [0, 0.1) is 5.41 Å². The van der Waals surface area contributed by atoms with E-state index in [4.69, 9.17) is 4.74 Å². The summed E-state index contributed by atoms with van der Waals surface area (Å²) in [5.41, 5.74) is 0.272. The van der Waals surface area contributed by atoms with Crippen molar-refractivity contribution in [2.24, 2.45) is 5.41 Å². The fourth-order valence-electron chi connectivity index (χ4n) is 2.77. The van der Waals surface area contributed by atoms with Gasteiger partial charge in [0.2, 0.25) is 5.91 Å². The lowest BCUT2D eigenvalue weighted by atomic mass is 9.81. The maximum atomic E-state index is 11.9. The molecule has 2 N–H and O–H groups in total. The minimum Gasteiger partial charge on any atom is -0.378 e. The first kappa shape index (κ1) is 16.7. The molecule has 112 valence electrons. The van der Waals surface area contributed by atoms with Crippen LogP contribution in [0.5, 0.6) is 0 Å². The first-order valence-corrected chi connectivity index (χ1v) is 7.27. The second-order valence-corrected chi connectivity index (χ2v) is 6.03. The van der Waals surface area contributed by atoms with Gasteiger partial charge in [0, 0.05) is 13.2 Å². The number of halogens is 1. The maximum absolute atomic E-state index is 11.9. The van der Waals surface area contributed by atoms with Crippen molar-refractivity contribution in [1.29, 1.82) is 0 Å². The van der Waals surface area contributed by atoms with Crippen LogP contribution >= 0.6 is 12.4 Å². The zero-order valence-corrected chi connectivity index (χ0v) is 12.7. The van der Waals surface area contributed by atoms with Crippen LogP contribution in [0.2, 0.25) is 0 Å². The van der Waals surface area contributed by atoms with Crippen LogP contribution in [-0.4, -0.2) is 38.3 Å². The van der Waals surface area contributed by atoms with E-state index in [2.05, 4.69) is 17.6 Å². The average Bonchev–Trinajstić information content (AvgIpc) is 2.39. The fraction of sp³-hybridized carbons (Fsp3) is 0.929. The van der Waals surface area contributed by atoms with Gasteiger partial charge in [-0.1, -0.05) is 6.92 Å². The predicted molar refractivity (Wildman–Crippen MR) is 78.7 cm³/mol. The van der Waals surface area contributed by atoms with E-state index in [1.54, 1.807) is 0 Å². The summed E-state index contributed by atoms with van der Waals surface area (Å²) in [5, 5.41) is 6.45. The molecular weight excluding hydrogens is 264 g/mol. The highest BCUT2D eigenvalue weighted by atomic mass is 35.5. The molecule has 2 aliphatic rings. The van der Waals surface area contributed by atoms with Gasteiger partial charge in [0.1, 0.15) is 0 Å². The van der Waals surface area contributed by atoms with Gasteiger partial charge in [-0.15, -0.1) is 12.4 Å². The number of hydrogen-bond acceptors (Lipinski definition) is 3. The third-order valence-electron chi connectivity index (χ3n) is 4.21. The zero-order chi connectivity index (χ0) is 12.8. The van der Waals surface area contributed by atoms with E-state index in [9.17, 15) is 4.79 Å². The molecule has 2 saturated heterocycles. The lowest BCUT2D eigenvalue weighted by Crippen LogP contribution is -2.43. The Kier molecular flexibility index (Phi) is 7.11. The van der Waals surface area contributed by atoms with Gasteiger partial charge in [0.15, 0.2) is 0 Å². The standard InChI is InChI=1S/C14H26N2O2.ClH/c1-14(5-7-15-8-6-14)11-16-13(17)10-12-4-2-3-9-18-12;/h12,15H,2-11H2,1H3,(H,16,17);1H. The number of hydrogen-bond donors (Lipinski definition) is 2. The number of ether oxygens (including phenoxy) is 1. The Hall–Kier alpha value is -0.320. The second kappa shape index (κ2) is 8.08. The van der Waals surface area contributed by atoms with Gasteiger partial charge in [-0.2, -0.15) is 0 Å². The van der Waals surface area contributed by atoms with Crippen LogP contribution in [0.15, 0.2) is 0 Å². The molecule has 2 fully saturated rings. The lowest BCUT2D eigenvalue weighted by Gasteiger charge is -2.34. The van der Waals surface area contributed by atoms with E-state index in [0.29, 0.717) is 6.42 Å². The Morgan fingerprint density at radius 3 is 2.74 bits per heavy atom. The highest BCUT2D eigenvalue weighted by Gasteiger charge is 2.27. The van der Waals surface area contributed by atoms with Gasteiger partial charge in [0.25, 0.3) is 0 Å². The molecule has 4 nitrogen and oxygen atoms in total. The SMILES string of the molecule is CC1(CNC(=O)CC2CCCCO2)CCNCC1.Cl. The summed E-state index contributed by atoms with van der Waals surface area (Å²) in [6.07, 6.45) is 6.35. The molecule has 0 aromatic carbocycles. The van der Waals surface area contributed by atoms with Gasteiger partial charge < -0.3 is 15.4 Å². The van der Waals surface area contributed by atoms with E-state index < -0.39 is 0 Å². The molecule has 2 heterocycles. The average molecular weight is 291 g/mol. The van der Waals surface area contributed by atoms with Crippen molar-refractivity contribution in [3.63, 3.8) is 0 Å². The molecule has 0 saturated carbocycles. The first-order valence-electron chi connectivity index (χ1n) is 7.27. The Balaban J connectivity index is 0.00000180. The maximum Gasteiger partial charge on any atom is 0.222 e. The smallest absolute Gasteiger partial charge is 0.222 e. The molecule has 0 aliphatic carbocycles. The molecule has 1 amide bonds. The second-order valence-electron chi connectivity index (χ2n) is 6.03. The normalized spacial score (nSPS) is 26.3. The van der Waals surface area contributed by atoms with E-state index in [1.165, 1.54) is 6.42 Å². The number of rotatable bonds is 4. The van der Waals surface area contributed by atoms with Gasteiger partial charge in [0.05, 0.1) is 12.5 Å². The molecular formula is C14H27ClN2O2. The number of amides is 1. The topological polar surface area (TPSA) is 50.4 Å². The summed E-state index contributed by atoms with van der Waals surface area (Å²) in [6.45, 7) is 6.03. The van der Waals surface area contributed by atoms with Crippen LogP contribution in [-0.2, 0) is 9.53 Å². The van der Waals surface area contributed by atoms with Crippen LogP contribution in [0.1, 0.15) is 45.4 Å². The molecule has 0 aromatic rings.